The molecule has 3 saturated heterocycles. The van der Waals surface area contributed by atoms with E-state index in [1.165, 1.54) is 5.69 Å². The van der Waals surface area contributed by atoms with Crippen molar-refractivity contribution in [3.63, 3.8) is 0 Å². The molecule has 0 saturated carbocycles. The number of hydrogen-bond donors (Lipinski definition) is 1. The maximum atomic E-state index is 12.4. The number of nitrogens with zero attached hydrogens (tertiary/aromatic N) is 5. The molecular weight excluding hydrogens is 418 g/mol. The minimum absolute atomic E-state index is 0.00999. The summed E-state index contributed by atoms with van der Waals surface area (Å²) in [5.41, 5.74) is 0.207. The molecule has 0 aliphatic carbocycles. The Hall–Kier alpha value is -1.80. The molecule has 1 aromatic heterocycles. The zero-order valence-corrected chi connectivity index (χ0v) is 21.6. The first-order chi connectivity index (χ1) is 15.2. The van der Waals surface area contributed by atoms with Gasteiger partial charge in [0.25, 0.3) is 0 Å². The highest BCUT2D eigenvalue weighted by Gasteiger charge is 2.45. The Morgan fingerprint density at radius 3 is 2.24 bits per heavy atom. The number of piperidine rings is 2. The number of carbonyl (C=O) groups excluding carboxylic acids is 1. The minimum atomic E-state index is -0.518. The molecule has 8 heteroatoms. The van der Waals surface area contributed by atoms with E-state index in [0.717, 1.165) is 51.1 Å². The quantitative estimate of drug-likeness (QED) is 0.742. The summed E-state index contributed by atoms with van der Waals surface area (Å²) in [5, 5.41) is 15.2. The maximum absolute atomic E-state index is 12.4. The smallest absolute Gasteiger partial charge is 0.410 e. The van der Waals surface area contributed by atoms with Crippen LogP contribution in [0.3, 0.4) is 0 Å². The molecule has 33 heavy (non-hydrogen) atoms. The molecule has 0 aromatic carbocycles. The average Bonchev–Trinajstić information content (AvgIpc) is 3.05. The van der Waals surface area contributed by atoms with Gasteiger partial charge in [-0.25, -0.2) is 4.79 Å². The molecule has 0 spiro atoms. The molecular formula is C25H43N5O3. The summed E-state index contributed by atoms with van der Waals surface area (Å²) in [6.07, 6.45) is 3.73. The molecule has 4 heterocycles. The Morgan fingerprint density at radius 1 is 1.09 bits per heavy atom. The zero-order chi connectivity index (χ0) is 24.2. The molecule has 8 nitrogen and oxygen atoms in total. The van der Waals surface area contributed by atoms with Crippen molar-refractivity contribution < 1.29 is 14.6 Å². The largest absolute Gasteiger partial charge is 0.444 e. The second-order valence-corrected chi connectivity index (χ2v) is 12.3. The molecule has 186 valence electrons. The number of hydrogen-bond acceptors (Lipinski definition) is 6. The van der Waals surface area contributed by atoms with Gasteiger partial charge in [0.2, 0.25) is 0 Å². The van der Waals surface area contributed by atoms with Crippen LogP contribution < -0.4 is 4.90 Å². The van der Waals surface area contributed by atoms with Crippen LogP contribution in [0.5, 0.6) is 0 Å². The fourth-order valence-electron chi connectivity index (χ4n) is 5.79. The Bertz CT molecular complexity index is 856. The molecule has 4 rings (SSSR count). The molecule has 1 amide bonds. The van der Waals surface area contributed by atoms with Crippen LogP contribution in [0.25, 0.3) is 0 Å². The van der Waals surface area contributed by atoms with Crippen LogP contribution in [-0.4, -0.2) is 86.3 Å². The highest BCUT2D eigenvalue weighted by Crippen LogP contribution is 2.37. The van der Waals surface area contributed by atoms with Crippen molar-refractivity contribution in [1.82, 2.24) is 19.6 Å². The van der Waals surface area contributed by atoms with E-state index in [2.05, 4.69) is 41.3 Å². The van der Waals surface area contributed by atoms with Crippen LogP contribution in [0.2, 0.25) is 0 Å². The monoisotopic (exact) mass is 461 g/mol. The standard InChI is InChI=1S/C25H43N5O3/c1-18-14-21(29-13-10-20(15-24(29,5)6)28-16-25(7,32)17-28)26-30(18)19-8-11-27(12-9-19)22(31)33-23(2,3)4/h14,19-20,32H,8-13,15-17H2,1-7H3. The normalized spacial score (nSPS) is 26.2. The van der Waals surface area contributed by atoms with Gasteiger partial charge in [0, 0.05) is 56.1 Å². The van der Waals surface area contributed by atoms with Crippen LogP contribution >= 0.6 is 0 Å². The van der Waals surface area contributed by atoms with E-state index >= 15 is 0 Å². The Balaban J connectivity index is 1.37. The fraction of sp³-hybridized carbons (Fsp3) is 0.840. The van der Waals surface area contributed by atoms with Gasteiger partial charge in [0.05, 0.1) is 11.6 Å². The third-order valence-corrected chi connectivity index (χ3v) is 7.40. The number of aryl methyl sites for hydroxylation is 1. The molecule has 1 N–H and O–H groups in total. The van der Waals surface area contributed by atoms with E-state index in [1.54, 1.807) is 0 Å². The first-order valence-corrected chi connectivity index (χ1v) is 12.5. The van der Waals surface area contributed by atoms with Gasteiger partial charge < -0.3 is 19.6 Å². The van der Waals surface area contributed by atoms with E-state index in [9.17, 15) is 9.90 Å². The number of ether oxygens (including phenoxy) is 1. The lowest BCUT2D eigenvalue weighted by atomic mass is 9.83. The van der Waals surface area contributed by atoms with E-state index < -0.39 is 11.2 Å². The molecule has 1 atom stereocenters. The minimum Gasteiger partial charge on any atom is -0.444 e. The second kappa shape index (κ2) is 8.45. The predicted molar refractivity (Wildman–Crippen MR) is 130 cm³/mol. The molecule has 3 aliphatic heterocycles. The lowest BCUT2D eigenvalue weighted by Gasteiger charge is -2.54. The predicted octanol–water partition coefficient (Wildman–Crippen LogP) is 3.58. The van der Waals surface area contributed by atoms with Crippen molar-refractivity contribution in [2.45, 2.75) is 103 Å². The lowest BCUT2D eigenvalue weighted by molar-refractivity contribution is -0.109. The highest BCUT2D eigenvalue weighted by atomic mass is 16.6. The van der Waals surface area contributed by atoms with Gasteiger partial charge in [0.1, 0.15) is 5.60 Å². The van der Waals surface area contributed by atoms with Crippen molar-refractivity contribution in [2.24, 2.45) is 0 Å². The first-order valence-electron chi connectivity index (χ1n) is 12.5. The topological polar surface area (TPSA) is 74.1 Å². The SMILES string of the molecule is Cc1cc(N2CCC(N3CC(C)(O)C3)CC2(C)C)nn1C1CCN(C(=O)OC(C)(C)C)CC1. The second-order valence-electron chi connectivity index (χ2n) is 12.3. The Morgan fingerprint density at radius 2 is 1.70 bits per heavy atom. The van der Waals surface area contributed by atoms with Gasteiger partial charge in [-0.1, -0.05) is 0 Å². The molecule has 1 unspecified atom stereocenters. The number of aromatic nitrogens is 2. The average molecular weight is 462 g/mol. The molecule has 0 bridgehead atoms. The zero-order valence-electron chi connectivity index (χ0n) is 21.6. The number of likely N-dealkylation sites (tertiary alicyclic amines) is 2. The van der Waals surface area contributed by atoms with Gasteiger partial charge >= 0.3 is 6.09 Å². The van der Waals surface area contributed by atoms with Crippen LogP contribution in [0, 0.1) is 6.92 Å². The molecule has 3 aliphatic rings. The highest BCUT2D eigenvalue weighted by molar-refractivity contribution is 5.68. The van der Waals surface area contributed by atoms with Gasteiger partial charge in [-0.3, -0.25) is 9.58 Å². The first kappa shape index (κ1) is 24.3. The van der Waals surface area contributed by atoms with Gasteiger partial charge in [-0.2, -0.15) is 5.10 Å². The third-order valence-electron chi connectivity index (χ3n) is 7.40. The van der Waals surface area contributed by atoms with Crippen molar-refractivity contribution in [3.05, 3.63) is 11.8 Å². The van der Waals surface area contributed by atoms with Crippen LogP contribution in [-0.2, 0) is 4.74 Å². The summed E-state index contributed by atoms with van der Waals surface area (Å²) in [5.74, 6) is 1.06. The summed E-state index contributed by atoms with van der Waals surface area (Å²) in [4.78, 5) is 19.1. The number of aliphatic hydroxyl groups is 1. The van der Waals surface area contributed by atoms with E-state index in [-0.39, 0.29) is 11.6 Å². The van der Waals surface area contributed by atoms with E-state index in [4.69, 9.17) is 9.84 Å². The van der Waals surface area contributed by atoms with Crippen molar-refractivity contribution in [3.8, 4) is 0 Å². The van der Waals surface area contributed by atoms with Gasteiger partial charge in [0.15, 0.2) is 5.82 Å². The van der Waals surface area contributed by atoms with Crippen molar-refractivity contribution in [2.75, 3.05) is 37.6 Å². The summed E-state index contributed by atoms with van der Waals surface area (Å²) >= 11 is 0. The molecule has 3 fully saturated rings. The number of rotatable bonds is 3. The van der Waals surface area contributed by atoms with E-state index in [0.29, 0.717) is 25.2 Å². The number of β-amino-alcohol motifs (C(OH)–C–C–N with tert-alkyl or cyclic N) is 1. The van der Waals surface area contributed by atoms with Crippen LogP contribution in [0.4, 0.5) is 10.6 Å². The van der Waals surface area contributed by atoms with Gasteiger partial charge in [-0.05, 0) is 74.1 Å². The molecule has 0 radical (unpaired) electrons. The maximum Gasteiger partial charge on any atom is 0.410 e. The summed E-state index contributed by atoms with van der Waals surface area (Å²) in [6.45, 7) is 18.3. The Kier molecular flexibility index (Phi) is 6.23. The van der Waals surface area contributed by atoms with Crippen LogP contribution in [0.1, 0.15) is 79.0 Å². The van der Waals surface area contributed by atoms with Crippen LogP contribution in [0.15, 0.2) is 6.07 Å². The number of anilines is 1. The van der Waals surface area contributed by atoms with Crippen molar-refractivity contribution >= 4 is 11.9 Å². The molecule has 1 aromatic rings. The third kappa shape index (κ3) is 5.32. The summed E-state index contributed by atoms with van der Waals surface area (Å²) in [7, 11) is 0. The Labute approximate surface area is 198 Å². The summed E-state index contributed by atoms with van der Waals surface area (Å²) < 4.78 is 7.71. The number of amides is 1. The van der Waals surface area contributed by atoms with Crippen molar-refractivity contribution in [1.29, 1.82) is 0 Å². The van der Waals surface area contributed by atoms with E-state index in [1.807, 2.05) is 32.6 Å². The fourth-order valence-corrected chi connectivity index (χ4v) is 5.79. The summed E-state index contributed by atoms with van der Waals surface area (Å²) in [6, 6.07) is 3.05. The van der Waals surface area contributed by atoms with Gasteiger partial charge in [-0.15, -0.1) is 0 Å². The lowest BCUT2D eigenvalue weighted by Crippen LogP contribution is -2.66. The number of carbonyl (C=O) groups is 1.